The molecule has 0 bridgehead atoms. The predicted molar refractivity (Wildman–Crippen MR) is 63.1 cm³/mol. The van der Waals surface area contributed by atoms with Crippen LogP contribution in [0, 0.1) is 0 Å². The van der Waals surface area contributed by atoms with Crippen molar-refractivity contribution in [2.24, 2.45) is 5.73 Å². The standard InChI is InChI=1S/C12H14F3N3/c1-2-8(16)6-11-17-9-4-3-7(12(13,14)15)5-10(9)18-11/h3-5,8H,2,6,16H2,1H3,(H,17,18). The number of hydrogen-bond acceptors (Lipinski definition) is 2. The first-order valence-electron chi connectivity index (χ1n) is 5.71. The lowest BCUT2D eigenvalue weighted by Gasteiger charge is -2.05. The molecule has 3 N–H and O–H groups in total. The number of halogens is 3. The second kappa shape index (κ2) is 4.61. The molecular weight excluding hydrogens is 243 g/mol. The van der Waals surface area contributed by atoms with Crippen LogP contribution >= 0.6 is 0 Å². The van der Waals surface area contributed by atoms with Gasteiger partial charge in [0.25, 0.3) is 0 Å². The summed E-state index contributed by atoms with van der Waals surface area (Å²) < 4.78 is 37.6. The van der Waals surface area contributed by atoms with E-state index in [0.717, 1.165) is 18.6 Å². The van der Waals surface area contributed by atoms with Crippen molar-refractivity contribution in [1.82, 2.24) is 9.97 Å². The van der Waals surface area contributed by atoms with Crippen molar-refractivity contribution in [2.45, 2.75) is 32.0 Å². The van der Waals surface area contributed by atoms with Gasteiger partial charge in [-0.15, -0.1) is 0 Å². The maximum absolute atomic E-state index is 12.5. The zero-order valence-corrected chi connectivity index (χ0v) is 9.88. The molecule has 6 heteroatoms. The minimum Gasteiger partial charge on any atom is -0.342 e. The number of benzene rings is 1. The van der Waals surface area contributed by atoms with Gasteiger partial charge in [-0.25, -0.2) is 4.98 Å². The molecule has 2 aromatic rings. The number of aromatic nitrogens is 2. The van der Waals surface area contributed by atoms with Crippen molar-refractivity contribution >= 4 is 11.0 Å². The number of nitrogens with one attached hydrogen (secondary N) is 1. The Hall–Kier alpha value is -1.56. The molecule has 0 saturated carbocycles. The maximum atomic E-state index is 12.5. The molecule has 3 nitrogen and oxygen atoms in total. The average Bonchev–Trinajstić information content (AvgIpc) is 2.68. The van der Waals surface area contributed by atoms with Crippen molar-refractivity contribution < 1.29 is 13.2 Å². The number of nitrogens with zero attached hydrogens (tertiary/aromatic N) is 1. The summed E-state index contributed by atoms with van der Waals surface area (Å²) in [6.45, 7) is 1.95. The molecule has 0 amide bonds. The highest BCUT2D eigenvalue weighted by molar-refractivity contribution is 5.76. The van der Waals surface area contributed by atoms with E-state index < -0.39 is 11.7 Å². The molecule has 0 fully saturated rings. The Bertz CT molecular complexity index is 545. The monoisotopic (exact) mass is 257 g/mol. The normalized spacial score (nSPS) is 14.1. The molecule has 18 heavy (non-hydrogen) atoms. The Balaban J connectivity index is 2.34. The second-order valence-corrected chi connectivity index (χ2v) is 4.29. The quantitative estimate of drug-likeness (QED) is 0.888. The van der Waals surface area contributed by atoms with Crippen LogP contribution in [0.2, 0.25) is 0 Å². The number of rotatable bonds is 3. The lowest BCUT2D eigenvalue weighted by Crippen LogP contribution is -2.21. The molecule has 1 atom stereocenters. The molecule has 0 saturated heterocycles. The Morgan fingerprint density at radius 2 is 2.11 bits per heavy atom. The van der Waals surface area contributed by atoms with E-state index in [1.54, 1.807) is 0 Å². The number of imidazole rings is 1. The predicted octanol–water partition coefficient (Wildman–Crippen LogP) is 2.86. The summed E-state index contributed by atoms with van der Waals surface area (Å²) in [5, 5.41) is 0. The van der Waals surface area contributed by atoms with Gasteiger partial charge < -0.3 is 10.7 Å². The molecule has 2 rings (SSSR count). The van der Waals surface area contributed by atoms with E-state index in [1.165, 1.54) is 6.07 Å². The molecule has 0 aliphatic heterocycles. The topological polar surface area (TPSA) is 54.7 Å². The summed E-state index contributed by atoms with van der Waals surface area (Å²) in [6.07, 6.45) is -3.00. The van der Waals surface area contributed by atoms with Crippen LogP contribution in [-0.4, -0.2) is 16.0 Å². The third-order valence-electron chi connectivity index (χ3n) is 2.84. The molecule has 1 heterocycles. The number of hydrogen-bond donors (Lipinski definition) is 2. The van der Waals surface area contributed by atoms with E-state index in [-0.39, 0.29) is 6.04 Å². The van der Waals surface area contributed by atoms with Crippen LogP contribution in [0.5, 0.6) is 0 Å². The first-order chi connectivity index (χ1) is 8.40. The minimum absolute atomic E-state index is 0.0346. The number of nitrogens with two attached hydrogens (primary N) is 1. The van der Waals surface area contributed by atoms with Crippen molar-refractivity contribution in [3.8, 4) is 0 Å². The Morgan fingerprint density at radius 1 is 1.39 bits per heavy atom. The molecule has 98 valence electrons. The van der Waals surface area contributed by atoms with Crippen molar-refractivity contribution in [2.75, 3.05) is 0 Å². The Labute approximate surface area is 102 Å². The van der Waals surface area contributed by atoms with Gasteiger partial charge in [-0.2, -0.15) is 13.2 Å². The van der Waals surface area contributed by atoms with Gasteiger partial charge in [-0.05, 0) is 24.6 Å². The summed E-state index contributed by atoms with van der Waals surface area (Å²) in [7, 11) is 0. The van der Waals surface area contributed by atoms with E-state index in [2.05, 4.69) is 9.97 Å². The van der Waals surface area contributed by atoms with Gasteiger partial charge >= 0.3 is 6.18 Å². The molecule has 0 spiro atoms. The Morgan fingerprint density at radius 3 is 2.72 bits per heavy atom. The number of aromatic amines is 1. The molecule has 0 aliphatic carbocycles. The number of H-pyrrole nitrogens is 1. The minimum atomic E-state index is -4.33. The maximum Gasteiger partial charge on any atom is 0.416 e. The van der Waals surface area contributed by atoms with E-state index in [0.29, 0.717) is 23.3 Å². The highest BCUT2D eigenvalue weighted by atomic mass is 19.4. The van der Waals surface area contributed by atoms with Gasteiger partial charge in [0.15, 0.2) is 0 Å². The summed E-state index contributed by atoms with van der Waals surface area (Å²) in [5.74, 6) is 0.624. The van der Waals surface area contributed by atoms with Crippen molar-refractivity contribution in [3.05, 3.63) is 29.6 Å². The third kappa shape index (κ3) is 2.64. The summed E-state index contributed by atoms with van der Waals surface area (Å²) in [6, 6.07) is 3.44. The molecule has 1 aromatic heterocycles. The van der Waals surface area contributed by atoms with Gasteiger partial charge in [-0.3, -0.25) is 0 Å². The zero-order valence-electron chi connectivity index (χ0n) is 9.88. The van der Waals surface area contributed by atoms with Crippen LogP contribution in [-0.2, 0) is 12.6 Å². The van der Waals surface area contributed by atoms with Gasteiger partial charge in [-0.1, -0.05) is 6.92 Å². The van der Waals surface area contributed by atoms with Crippen LogP contribution in [0.15, 0.2) is 18.2 Å². The van der Waals surface area contributed by atoms with Gasteiger partial charge in [0, 0.05) is 12.5 Å². The first kappa shape index (κ1) is 12.9. The second-order valence-electron chi connectivity index (χ2n) is 4.29. The lowest BCUT2D eigenvalue weighted by atomic mass is 10.2. The van der Waals surface area contributed by atoms with E-state index >= 15 is 0 Å². The smallest absolute Gasteiger partial charge is 0.342 e. The zero-order chi connectivity index (χ0) is 13.3. The van der Waals surface area contributed by atoms with Crippen LogP contribution in [0.25, 0.3) is 11.0 Å². The third-order valence-corrected chi connectivity index (χ3v) is 2.84. The van der Waals surface area contributed by atoms with Gasteiger partial charge in [0.2, 0.25) is 0 Å². The van der Waals surface area contributed by atoms with E-state index in [1.807, 2.05) is 6.92 Å². The van der Waals surface area contributed by atoms with Gasteiger partial charge in [0.1, 0.15) is 5.82 Å². The molecule has 1 aromatic carbocycles. The average molecular weight is 257 g/mol. The highest BCUT2D eigenvalue weighted by Crippen LogP contribution is 2.30. The summed E-state index contributed by atoms with van der Waals surface area (Å²) in [5.41, 5.74) is 6.03. The summed E-state index contributed by atoms with van der Waals surface area (Å²) in [4.78, 5) is 7.10. The number of fused-ring (bicyclic) bond motifs is 1. The fourth-order valence-corrected chi connectivity index (χ4v) is 1.73. The SMILES string of the molecule is CCC(N)Cc1nc2ccc(C(F)(F)F)cc2[nH]1. The molecule has 0 radical (unpaired) electrons. The van der Waals surface area contributed by atoms with Crippen molar-refractivity contribution in [1.29, 1.82) is 0 Å². The van der Waals surface area contributed by atoms with E-state index in [4.69, 9.17) is 5.73 Å². The lowest BCUT2D eigenvalue weighted by molar-refractivity contribution is -0.137. The van der Waals surface area contributed by atoms with Crippen LogP contribution in [0.3, 0.4) is 0 Å². The Kier molecular flexibility index (Phi) is 3.30. The molecule has 0 aliphatic rings. The summed E-state index contributed by atoms with van der Waals surface area (Å²) >= 11 is 0. The van der Waals surface area contributed by atoms with Crippen LogP contribution < -0.4 is 5.73 Å². The van der Waals surface area contributed by atoms with E-state index in [9.17, 15) is 13.2 Å². The first-order valence-corrected chi connectivity index (χ1v) is 5.71. The number of alkyl halides is 3. The van der Waals surface area contributed by atoms with Crippen LogP contribution in [0.4, 0.5) is 13.2 Å². The van der Waals surface area contributed by atoms with Crippen molar-refractivity contribution in [3.63, 3.8) is 0 Å². The largest absolute Gasteiger partial charge is 0.416 e. The highest BCUT2D eigenvalue weighted by Gasteiger charge is 2.30. The fraction of sp³-hybridized carbons (Fsp3) is 0.417. The van der Waals surface area contributed by atoms with Crippen LogP contribution in [0.1, 0.15) is 24.7 Å². The molecular formula is C12H14F3N3. The van der Waals surface area contributed by atoms with Gasteiger partial charge in [0.05, 0.1) is 16.6 Å². The molecule has 1 unspecified atom stereocenters. The fourth-order valence-electron chi connectivity index (χ4n) is 1.73.